The van der Waals surface area contributed by atoms with Crippen molar-refractivity contribution in [3.63, 3.8) is 0 Å². The Morgan fingerprint density at radius 3 is 3.29 bits per heavy atom. The third kappa shape index (κ3) is 1.81. The second-order valence-electron chi connectivity index (χ2n) is 3.31. The van der Waals surface area contributed by atoms with Crippen molar-refractivity contribution in [2.75, 3.05) is 13.3 Å². The molecule has 14 heavy (non-hydrogen) atoms. The van der Waals surface area contributed by atoms with Crippen LogP contribution in [0.5, 0.6) is 0 Å². The summed E-state index contributed by atoms with van der Waals surface area (Å²) >= 11 is 1.66. The van der Waals surface area contributed by atoms with E-state index in [0.717, 1.165) is 0 Å². The lowest BCUT2D eigenvalue weighted by Gasteiger charge is -2.11. The smallest absolute Gasteiger partial charge is 0.224 e. The van der Waals surface area contributed by atoms with Gasteiger partial charge in [-0.05, 0) is 22.4 Å². The Balaban J connectivity index is 1.98. The molecule has 76 valence electrons. The molecule has 1 amide bonds. The topological polar surface area (TPSA) is 29.5 Å². The van der Waals surface area contributed by atoms with E-state index in [9.17, 15) is 4.79 Å². The number of carbonyl (C=O) groups is 1. The highest BCUT2D eigenvalue weighted by molar-refractivity contribution is 7.07. The van der Waals surface area contributed by atoms with Gasteiger partial charge >= 0.3 is 0 Å². The molecule has 0 spiro atoms. The number of thiophene rings is 1. The van der Waals surface area contributed by atoms with E-state index in [0.29, 0.717) is 19.7 Å². The lowest BCUT2D eigenvalue weighted by Crippen LogP contribution is -2.27. The summed E-state index contributed by atoms with van der Waals surface area (Å²) in [4.78, 5) is 13.1. The number of carbonyl (C=O) groups excluding carboxylic acids is 1. The summed E-state index contributed by atoms with van der Waals surface area (Å²) < 4.78 is 5.54. The zero-order valence-electron chi connectivity index (χ0n) is 8.10. The Morgan fingerprint density at radius 2 is 2.64 bits per heavy atom. The molecule has 0 aromatic carbocycles. The predicted molar refractivity (Wildman–Crippen MR) is 55.0 cm³/mol. The monoisotopic (exact) mass is 211 g/mol. The van der Waals surface area contributed by atoms with Gasteiger partial charge in [0, 0.05) is 6.42 Å². The van der Waals surface area contributed by atoms with Crippen LogP contribution in [-0.4, -0.2) is 24.1 Å². The lowest BCUT2D eigenvalue weighted by atomic mass is 10.2. The molecule has 1 saturated heterocycles. The maximum Gasteiger partial charge on any atom is 0.224 e. The first-order chi connectivity index (χ1) is 6.81. The van der Waals surface area contributed by atoms with Gasteiger partial charge in [-0.3, -0.25) is 4.79 Å². The molecule has 0 aliphatic carbocycles. The summed E-state index contributed by atoms with van der Waals surface area (Å²) in [5.41, 5.74) is 1.18. The van der Waals surface area contributed by atoms with Gasteiger partial charge < -0.3 is 9.64 Å². The SMILES string of the molecule is CCC(=O)N1COC(c2ccsc2)C1. The number of ether oxygens (including phenoxy) is 1. The van der Waals surface area contributed by atoms with Gasteiger partial charge in [-0.2, -0.15) is 11.3 Å². The molecule has 1 aromatic rings. The molecule has 2 heterocycles. The highest BCUT2D eigenvalue weighted by Crippen LogP contribution is 2.26. The van der Waals surface area contributed by atoms with E-state index >= 15 is 0 Å². The third-order valence-corrected chi connectivity index (χ3v) is 3.09. The van der Waals surface area contributed by atoms with Gasteiger partial charge in [0.15, 0.2) is 0 Å². The fraction of sp³-hybridized carbons (Fsp3) is 0.500. The second kappa shape index (κ2) is 4.11. The van der Waals surface area contributed by atoms with Gasteiger partial charge in [-0.15, -0.1) is 0 Å². The van der Waals surface area contributed by atoms with Crippen LogP contribution in [0.15, 0.2) is 16.8 Å². The van der Waals surface area contributed by atoms with Crippen LogP contribution in [0.25, 0.3) is 0 Å². The Bertz CT molecular complexity index is 310. The first-order valence-corrected chi connectivity index (χ1v) is 5.67. The third-order valence-electron chi connectivity index (χ3n) is 2.39. The van der Waals surface area contributed by atoms with Gasteiger partial charge in [0.05, 0.1) is 6.54 Å². The largest absolute Gasteiger partial charge is 0.351 e. The van der Waals surface area contributed by atoms with Gasteiger partial charge in [0.2, 0.25) is 5.91 Å². The molecule has 0 N–H and O–H groups in total. The molecule has 1 atom stereocenters. The van der Waals surface area contributed by atoms with E-state index in [2.05, 4.69) is 11.4 Å². The maximum absolute atomic E-state index is 11.4. The molecular formula is C10H13NO2S. The van der Waals surface area contributed by atoms with Crippen LogP contribution in [-0.2, 0) is 9.53 Å². The first-order valence-electron chi connectivity index (χ1n) is 4.72. The van der Waals surface area contributed by atoms with Crippen LogP contribution in [0.3, 0.4) is 0 Å². The maximum atomic E-state index is 11.4. The Morgan fingerprint density at radius 1 is 1.79 bits per heavy atom. The molecule has 0 radical (unpaired) electrons. The zero-order chi connectivity index (χ0) is 9.97. The van der Waals surface area contributed by atoms with Crippen molar-refractivity contribution in [1.29, 1.82) is 0 Å². The van der Waals surface area contributed by atoms with Crippen LogP contribution < -0.4 is 0 Å². The van der Waals surface area contributed by atoms with E-state index in [1.54, 1.807) is 16.2 Å². The molecule has 1 aliphatic rings. The summed E-state index contributed by atoms with van der Waals surface area (Å²) in [6, 6.07) is 2.05. The summed E-state index contributed by atoms with van der Waals surface area (Å²) in [6.07, 6.45) is 0.636. The Labute approximate surface area is 87.3 Å². The zero-order valence-corrected chi connectivity index (χ0v) is 8.92. The van der Waals surface area contributed by atoms with Crippen LogP contribution in [0.1, 0.15) is 25.0 Å². The molecule has 1 unspecified atom stereocenters. The number of hydrogen-bond acceptors (Lipinski definition) is 3. The summed E-state index contributed by atoms with van der Waals surface area (Å²) in [6.45, 7) is 3.01. The van der Waals surface area contributed by atoms with Crippen LogP contribution in [0.4, 0.5) is 0 Å². The number of rotatable bonds is 2. The minimum absolute atomic E-state index is 0.0803. The lowest BCUT2D eigenvalue weighted by molar-refractivity contribution is -0.131. The Kier molecular flexibility index (Phi) is 2.84. The van der Waals surface area contributed by atoms with E-state index in [4.69, 9.17) is 4.74 Å². The minimum atomic E-state index is 0.0803. The summed E-state index contributed by atoms with van der Waals surface area (Å²) in [5, 5.41) is 4.10. The standard InChI is InChI=1S/C10H13NO2S/c1-2-10(12)11-5-9(13-7-11)8-3-4-14-6-8/h3-4,6,9H,2,5,7H2,1H3. The molecule has 3 nitrogen and oxygen atoms in total. The van der Waals surface area contributed by atoms with Crippen molar-refractivity contribution in [2.24, 2.45) is 0 Å². The second-order valence-corrected chi connectivity index (χ2v) is 4.09. The first kappa shape index (κ1) is 9.68. The number of hydrogen-bond donors (Lipinski definition) is 0. The van der Waals surface area contributed by atoms with Crippen molar-refractivity contribution in [3.05, 3.63) is 22.4 Å². The van der Waals surface area contributed by atoms with Crippen LogP contribution in [0.2, 0.25) is 0 Å². The molecule has 1 aliphatic heterocycles. The summed E-state index contributed by atoms with van der Waals surface area (Å²) in [7, 11) is 0. The highest BCUT2D eigenvalue weighted by atomic mass is 32.1. The van der Waals surface area contributed by atoms with Gasteiger partial charge in [0.25, 0.3) is 0 Å². The van der Waals surface area contributed by atoms with Gasteiger partial charge in [-0.25, -0.2) is 0 Å². The molecular weight excluding hydrogens is 198 g/mol. The quantitative estimate of drug-likeness (QED) is 0.749. The van der Waals surface area contributed by atoms with Crippen LogP contribution in [0, 0.1) is 0 Å². The molecule has 0 bridgehead atoms. The predicted octanol–water partition coefficient (Wildman–Crippen LogP) is 2.02. The summed E-state index contributed by atoms with van der Waals surface area (Å²) in [5.74, 6) is 0.169. The van der Waals surface area contributed by atoms with Crippen molar-refractivity contribution in [2.45, 2.75) is 19.4 Å². The van der Waals surface area contributed by atoms with Gasteiger partial charge in [0.1, 0.15) is 12.8 Å². The van der Waals surface area contributed by atoms with Crippen molar-refractivity contribution in [1.82, 2.24) is 4.90 Å². The van der Waals surface area contributed by atoms with E-state index < -0.39 is 0 Å². The molecule has 1 fully saturated rings. The normalized spacial score (nSPS) is 21.5. The average molecular weight is 211 g/mol. The Hall–Kier alpha value is -0.870. The molecule has 2 rings (SSSR count). The number of nitrogens with zero attached hydrogens (tertiary/aromatic N) is 1. The van der Waals surface area contributed by atoms with Gasteiger partial charge in [-0.1, -0.05) is 6.92 Å². The number of amides is 1. The molecule has 4 heteroatoms. The van der Waals surface area contributed by atoms with E-state index in [-0.39, 0.29) is 12.0 Å². The minimum Gasteiger partial charge on any atom is -0.351 e. The van der Waals surface area contributed by atoms with E-state index in [1.807, 2.05) is 12.3 Å². The molecule has 1 aromatic heterocycles. The fourth-order valence-electron chi connectivity index (χ4n) is 1.54. The van der Waals surface area contributed by atoms with E-state index in [1.165, 1.54) is 5.56 Å². The average Bonchev–Trinajstić information content (AvgIpc) is 2.86. The van der Waals surface area contributed by atoms with Crippen molar-refractivity contribution < 1.29 is 9.53 Å². The highest BCUT2D eigenvalue weighted by Gasteiger charge is 2.27. The van der Waals surface area contributed by atoms with Crippen molar-refractivity contribution >= 4 is 17.2 Å². The fourth-order valence-corrected chi connectivity index (χ4v) is 2.24. The van der Waals surface area contributed by atoms with Crippen molar-refractivity contribution in [3.8, 4) is 0 Å². The van der Waals surface area contributed by atoms with Crippen LogP contribution >= 0.6 is 11.3 Å². The molecule has 0 saturated carbocycles.